The Kier molecular flexibility index (Phi) is 3.36. The number of nitrogens with two attached hydrogens (primary N) is 1. The van der Waals surface area contributed by atoms with Crippen molar-refractivity contribution in [1.29, 1.82) is 0 Å². The lowest BCUT2D eigenvalue weighted by atomic mass is 9.92. The van der Waals surface area contributed by atoms with Crippen LogP contribution in [0.4, 0.5) is 0 Å². The molecule has 0 aliphatic carbocycles. The molecular weight excluding hydrogens is 228 g/mol. The minimum Gasteiger partial charge on any atom is -0.396 e. The van der Waals surface area contributed by atoms with Crippen LogP contribution in [-0.4, -0.2) is 32.9 Å². The Morgan fingerprint density at radius 3 is 2.72 bits per heavy atom. The molecule has 2 aromatic rings. The van der Waals surface area contributed by atoms with Gasteiger partial charge in [0.05, 0.1) is 23.5 Å². The van der Waals surface area contributed by atoms with Gasteiger partial charge in [0.1, 0.15) is 0 Å². The second kappa shape index (κ2) is 4.66. The van der Waals surface area contributed by atoms with Gasteiger partial charge in [-0.05, 0) is 6.07 Å². The van der Waals surface area contributed by atoms with Gasteiger partial charge in [-0.2, -0.15) is 5.10 Å². The van der Waals surface area contributed by atoms with Crippen molar-refractivity contribution in [3.8, 4) is 0 Å². The van der Waals surface area contributed by atoms with Crippen LogP contribution in [0.3, 0.4) is 0 Å². The van der Waals surface area contributed by atoms with Gasteiger partial charge in [-0.15, -0.1) is 0 Å². The molecule has 2 heterocycles. The van der Waals surface area contributed by atoms with E-state index in [9.17, 15) is 5.11 Å². The Morgan fingerprint density at radius 1 is 1.44 bits per heavy atom. The summed E-state index contributed by atoms with van der Waals surface area (Å²) in [4.78, 5) is 4.34. The first-order valence-electron chi connectivity index (χ1n) is 6.13. The summed E-state index contributed by atoms with van der Waals surface area (Å²) in [5, 5.41) is 13.9. The van der Waals surface area contributed by atoms with Crippen molar-refractivity contribution >= 4 is 5.52 Å². The van der Waals surface area contributed by atoms with Crippen LogP contribution in [0, 0.1) is 0 Å². The molecule has 98 valence electrons. The molecule has 2 rings (SSSR count). The van der Waals surface area contributed by atoms with E-state index >= 15 is 0 Å². The molecule has 0 fully saturated rings. The summed E-state index contributed by atoms with van der Waals surface area (Å²) in [6.07, 6.45) is 3.51. The Hall–Kier alpha value is -1.46. The Bertz CT molecular complexity index is 537. The fraction of sp³-hybridized carbons (Fsp3) is 0.538. The van der Waals surface area contributed by atoms with Gasteiger partial charge >= 0.3 is 0 Å². The van der Waals surface area contributed by atoms with Gasteiger partial charge in [0.2, 0.25) is 0 Å². The van der Waals surface area contributed by atoms with Crippen molar-refractivity contribution in [2.45, 2.75) is 32.1 Å². The van der Waals surface area contributed by atoms with Gasteiger partial charge in [0.25, 0.3) is 0 Å². The Labute approximate surface area is 107 Å². The average Bonchev–Trinajstić information content (AvgIpc) is 2.75. The molecule has 18 heavy (non-hydrogen) atoms. The maximum absolute atomic E-state index is 9.36. The van der Waals surface area contributed by atoms with Gasteiger partial charge in [-0.25, -0.2) is 4.52 Å². The first-order valence-corrected chi connectivity index (χ1v) is 6.13. The molecule has 0 bridgehead atoms. The minimum atomic E-state index is -0.141. The molecule has 5 heteroatoms. The number of hydrogen-bond donors (Lipinski definition) is 2. The topological polar surface area (TPSA) is 76.4 Å². The van der Waals surface area contributed by atoms with Crippen LogP contribution in [0.25, 0.3) is 5.52 Å². The second-order valence-electron chi connectivity index (χ2n) is 5.54. The molecule has 3 N–H and O–H groups in total. The highest BCUT2D eigenvalue weighted by Crippen LogP contribution is 2.25. The molecule has 0 radical (unpaired) electrons. The maximum Gasteiger partial charge on any atom is 0.0884 e. The molecular formula is C13H20N4O. The van der Waals surface area contributed by atoms with E-state index in [0.717, 1.165) is 16.9 Å². The average molecular weight is 248 g/mol. The molecule has 0 saturated carbocycles. The lowest BCUT2D eigenvalue weighted by Gasteiger charge is -2.13. The fourth-order valence-corrected chi connectivity index (χ4v) is 1.90. The van der Waals surface area contributed by atoms with Crippen molar-refractivity contribution in [3.63, 3.8) is 0 Å². The van der Waals surface area contributed by atoms with E-state index in [1.165, 1.54) is 0 Å². The molecule has 2 aromatic heterocycles. The van der Waals surface area contributed by atoms with Crippen LogP contribution in [-0.2, 0) is 5.41 Å². The number of fused-ring (bicyclic) bond motifs is 1. The monoisotopic (exact) mass is 248 g/mol. The third kappa shape index (κ3) is 2.23. The van der Waals surface area contributed by atoms with Crippen molar-refractivity contribution < 1.29 is 5.11 Å². The molecule has 1 atom stereocenters. The normalized spacial score (nSPS) is 14.1. The summed E-state index contributed by atoms with van der Waals surface area (Å²) in [7, 11) is 0. The van der Waals surface area contributed by atoms with Gasteiger partial charge in [0.15, 0.2) is 0 Å². The van der Waals surface area contributed by atoms with Crippen LogP contribution < -0.4 is 5.73 Å². The number of aromatic nitrogens is 3. The Morgan fingerprint density at radius 2 is 2.17 bits per heavy atom. The summed E-state index contributed by atoms with van der Waals surface area (Å²) in [5.41, 5.74) is 8.39. The van der Waals surface area contributed by atoms with E-state index in [0.29, 0.717) is 6.54 Å². The van der Waals surface area contributed by atoms with Crippen molar-refractivity contribution in [3.05, 3.63) is 29.8 Å². The van der Waals surface area contributed by atoms with Crippen molar-refractivity contribution in [1.82, 2.24) is 14.6 Å². The third-order valence-electron chi connectivity index (χ3n) is 3.08. The number of nitrogens with zero attached hydrogens (tertiary/aromatic N) is 3. The molecule has 5 nitrogen and oxygen atoms in total. The lowest BCUT2D eigenvalue weighted by Crippen LogP contribution is -2.18. The van der Waals surface area contributed by atoms with E-state index in [-0.39, 0.29) is 17.9 Å². The lowest BCUT2D eigenvalue weighted by molar-refractivity contribution is 0.266. The highest BCUT2D eigenvalue weighted by molar-refractivity contribution is 5.54. The number of hydrogen-bond acceptors (Lipinski definition) is 4. The first kappa shape index (κ1) is 13.0. The number of rotatable bonds is 3. The summed E-state index contributed by atoms with van der Waals surface area (Å²) < 4.78 is 1.81. The fourth-order valence-electron chi connectivity index (χ4n) is 1.90. The zero-order valence-electron chi connectivity index (χ0n) is 11.1. The molecule has 0 aliphatic rings. The molecule has 1 unspecified atom stereocenters. The van der Waals surface area contributed by atoms with E-state index in [2.05, 4.69) is 30.9 Å². The van der Waals surface area contributed by atoms with Gasteiger partial charge in [-0.1, -0.05) is 20.8 Å². The molecule has 0 saturated heterocycles. The predicted octanol–water partition coefficient (Wildman–Crippen LogP) is 1.06. The number of aliphatic hydroxyl groups is 1. The summed E-state index contributed by atoms with van der Waals surface area (Å²) in [5.74, 6) is -0.141. The standard InChI is InChI=1S/C13H20N4O/c1-13(2,3)11-6-10-12(9(7-14)8-18)15-4-5-17(10)16-11/h4-6,9,18H,7-8,14H2,1-3H3. The van der Waals surface area contributed by atoms with E-state index in [1.54, 1.807) is 10.7 Å². The molecule has 0 aliphatic heterocycles. The number of aliphatic hydroxyl groups excluding tert-OH is 1. The molecule has 0 spiro atoms. The van der Waals surface area contributed by atoms with E-state index < -0.39 is 0 Å². The van der Waals surface area contributed by atoms with Gasteiger partial charge in [-0.3, -0.25) is 4.98 Å². The van der Waals surface area contributed by atoms with Crippen LogP contribution in [0.15, 0.2) is 18.5 Å². The third-order valence-corrected chi connectivity index (χ3v) is 3.08. The quantitative estimate of drug-likeness (QED) is 0.851. The first-order chi connectivity index (χ1) is 8.47. The van der Waals surface area contributed by atoms with E-state index in [4.69, 9.17) is 5.73 Å². The van der Waals surface area contributed by atoms with Crippen molar-refractivity contribution in [2.24, 2.45) is 5.73 Å². The zero-order chi connectivity index (χ0) is 13.3. The smallest absolute Gasteiger partial charge is 0.0884 e. The summed E-state index contributed by atoms with van der Waals surface area (Å²) >= 11 is 0. The predicted molar refractivity (Wildman–Crippen MR) is 70.6 cm³/mol. The summed E-state index contributed by atoms with van der Waals surface area (Å²) in [6, 6.07) is 2.03. The zero-order valence-corrected chi connectivity index (χ0v) is 11.1. The SMILES string of the molecule is CC(C)(C)c1cc2c(C(CN)CO)nccn2n1. The van der Waals surface area contributed by atoms with Gasteiger partial charge < -0.3 is 10.8 Å². The van der Waals surface area contributed by atoms with E-state index in [1.807, 2.05) is 12.3 Å². The Balaban J connectivity index is 2.59. The van der Waals surface area contributed by atoms with Crippen molar-refractivity contribution in [2.75, 3.05) is 13.2 Å². The molecule has 0 amide bonds. The maximum atomic E-state index is 9.36. The van der Waals surface area contributed by atoms with Crippen LogP contribution >= 0.6 is 0 Å². The highest BCUT2D eigenvalue weighted by atomic mass is 16.3. The highest BCUT2D eigenvalue weighted by Gasteiger charge is 2.21. The van der Waals surface area contributed by atoms with Crippen LogP contribution in [0.5, 0.6) is 0 Å². The molecule has 0 aromatic carbocycles. The summed E-state index contributed by atoms with van der Waals surface area (Å²) in [6.45, 7) is 6.73. The minimum absolute atomic E-state index is 0.000789. The van der Waals surface area contributed by atoms with Gasteiger partial charge in [0, 0.05) is 30.3 Å². The van der Waals surface area contributed by atoms with Crippen LogP contribution in [0.2, 0.25) is 0 Å². The largest absolute Gasteiger partial charge is 0.396 e. The van der Waals surface area contributed by atoms with Crippen LogP contribution in [0.1, 0.15) is 38.1 Å². The second-order valence-corrected chi connectivity index (χ2v) is 5.54.